The van der Waals surface area contributed by atoms with Crippen LogP contribution in [0.25, 0.3) is 0 Å². The Kier molecular flexibility index (Phi) is 5.14. The van der Waals surface area contributed by atoms with Gasteiger partial charge < -0.3 is 21.3 Å². The van der Waals surface area contributed by atoms with Gasteiger partial charge in [-0.2, -0.15) is 0 Å². The Bertz CT molecular complexity index is 569. The van der Waals surface area contributed by atoms with Crippen molar-refractivity contribution in [2.45, 2.75) is 101 Å². The Labute approximate surface area is 169 Å². The van der Waals surface area contributed by atoms with Gasteiger partial charge in [-0.15, -0.1) is 0 Å². The highest BCUT2D eigenvalue weighted by atomic mass is 15.3. The van der Waals surface area contributed by atoms with Crippen LogP contribution in [0.5, 0.6) is 0 Å². The van der Waals surface area contributed by atoms with Crippen molar-refractivity contribution in [3.05, 3.63) is 0 Å². The molecular formula is C22H38N6. The van der Waals surface area contributed by atoms with Crippen LogP contribution < -0.4 is 11.5 Å². The lowest BCUT2D eigenvalue weighted by molar-refractivity contribution is 0.155. The first-order valence-corrected chi connectivity index (χ1v) is 11.9. The van der Waals surface area contributed by atoms with Gasteiger partial charge >= 0.3 is 0 Å². The minimum atomic E-state index is 0.478. The molecule has 2 heterocycles. The van der Waals surface area contributed by atoms with E-state index in [1.165, 1.54) is 77.0 Å². The van der Waals surface area contributed by atoms with E-state index in [-0.39, 0.29) is 0 Å². The lowest BCUT2D eigenvalue weighted by Crippen LogP contribution is -2.48. The molecule has 4 atom stereocenters. The van der Waals surface area contributed by atoms with Crippen LogP contribution in [-0.4, -0.2) is 59.0 Å². The van der Waals surface area contributed by atoms with Crippen molar-refractivity contribution in [2.24, 2.45) is 33.3 Å². The lowest BCUT2D eigenvalue weighted by atomic mass is 9.80. The molecule has 0 aromatic heterocycles. The van der Waals surface area contributed by atoms with Gasteiger partial charge in [0.15, 0.2) is 11.9 Å². The van der Waals surface area contributed by atoms with Gasteiger partial charge in [-0.25, -0.2) is 9.98 Å². The molecule has 28 heavy (non-hydrogen) atoms. The molecular weight excluding hydrogens is 348 g/mol. The molecule has 2 aliphatic heterocycles. The fourth-order valence-corrected chi connectivity index (χ4v) is 6.65. The highest BCUT2D eigenvalue weighted by molar-refractivity contribution is 5.81. The van der Waals surface area contributed by atoms with Crippen LogP contribution in [-0.2, 0) is 0 Å². The van der Waals surface area contributed by atoms with Crippen LogP contribution >= 0.6 is 0 Å². The fraction of sp³-hybridized carbons (Fsp3) is 0.909. The molecule has 4 N–H and O–H groups in total. The van der Waals surface area contributed by atoms with Crippen LogP contribution in [0.2, 0.25) is 0 Å². The van der Waals surface area contributed by atoms with Crippen molar-refractivity contribution in [2.75, 3.05) is 13.1 Å². The highest BCUT2D eigenvalue weighted by Crippen LogP contribution is 2.36. The van der Waals surface area contributed by atoms with Crippen LogP contribution in [0, 0.1) is 11.8 Å². The minimum absolute atomic E-state index is 0.478. The molecule has 3 saturated carbocycles. The summed E-state index contributed by atoms with van der Waals surface area (Å²) in [6, 6.07) is 2.14. The van der Waals surface area contributed by atoms with Crippen LogP contribution in [0.4, 0.5) is 0 Å². The largest absolute Gasteiger partial charge is 0.370 e. The van der Waals surface area contributed by atoms with Crippen molar-refractivity contribution in [1.29, 1.82) is 0 Å². The molecule has 0 bridgehead atoms. The third-order valence-corrected chi connectivity index (χ3v) is 8.25. The van der Waals surface area contributed by atoms with Crippen molar-refractivity contribution < 1.29 is 0 Å². The number of aliphatic imine (C=N–C) groups is 2. The van der Waals surface area contributed by atoms with Gasteiger partial charge in [-0.3, -0.25) is 0 Å². The van der Waals surface area contributed by atoms with Gasteiger partial charge in [-0.05, 0) is 63.2 Å². The summed E-state index contributed by atoms with van der Waals surface area (Å²) in [6.45, 7) is 2.25. The Morgan fingerprint density at radius 3 is 1.43 bits per heavy atom. The third kappa shape index (κ3) is 3.48. The predicted molar refractivity (Wildman–Crippen MR) is 114 cm³/mol. The Hall–Kier alpha value is -1.46. The molecule has 6 heteroatoms. The molecule has 5 aliphatic rings. The first kappa shape index (κ1) is 18.6. The first-order chi connectivity index (χ1) is 13.7. The van der Waals surface area contributed by atoms with Gasteiger partial charge in [0.1, 0.15) is 0 Å². The molecule has 5 rings (SSSR count). The summed E-state index contributed by atoms with van der Waals surface area (Å²) in [7, 11) is 0. The quantitative estimate of drug-likeness (QED) is 0.778. The average Bonchev–Trinajstić information content (AvgIpc) is 3.20. The molecule has 0 aromatic rings. The molecule has 3 fully saturated rings. The van der Waals surface area contributed by atoms with E-state index in [1.54, 1.807) is 0 Å². The third-order valence-electron chi connectivity index (χ3n) is 8.25. The Morgan fingerprint density at radius 1 is 0.607 bits per heavy atom. The maximum absolute atomic E-state index is 6.31. The molecule has 156 valence electrons. The zero-order valence-electron chi connectivity index (χ0n) is 17.3. The van der Waals surface area contributed by atoms with E-state index >= 15 is 0 Å². The van der Waals surface area contributed by atoms with Gasteiger partial charge in [0.25, 0.3) is 0 Å². The van der Waals surface area contributed by atoms with Crippen LogP contribution in [0.15, 0.2) is 9.98 Å². The summed E-state index contributed by atoms with van der Waals surface area (Å²) in [4.78, 5) is 14.5. The van der Waals surface area contributed by atoms with Crippen LogP contribution in [0.1, 0.15) is 77.0 Å². The maximum atomic E-state index is 6.31. The standard InChI is InChI=1S/C22H38N6/c23-21-25-17-5-1-3-7-19(17)27(21)13-15-9-11-16(12-10-15)14-28-20-8-4-2-6-18(20)26-22(28)24/h15-20H,1-14H2,(H2,23,25)(H2,24,26). The molecule has 0 spiro atoms. The van der Waals surface area contributed by atoms with E-state index in [4.69, 9.17) is 21.5 Å². The van der Waals surface area contributed by atoms with E-state index < -0.39 is 0 Å². The van der Waals surface area contributed by atoms with Gasteiger partial charge in [0, 0.05) is 13.1 Å². The topological polar surface area (TPSA) is 83.2 Å². The van der Waals surface area contributed by atoms with Crippen molar-refractivity contribution >= 4 is 11.9 Å². The number of fused-ring (bicyclic) bond motifs is 2. The lowest BCUT2D eigenvalue weighted by Gasteiger charge is -2.39. The van der Waals surface area contributed by atoms with E-state index in [0.29, 0.717) is 24.2 Å². The Balaban J connectivity index is 1.12. The number of guanidine groups is 2. The second-order valence-corrected chi connectivity index (χ2v) is 10.0. The van der Waals surface area contributed by atoms with E-state index in [9.17, 15) is 0 Å². The Morgan fingerprint density at radius 2 is 1.00 bits per heavy atom. The highest BCUT2D eigenvalue weighted by Gasteiger charge is 2.40. The monoisotopic (exact) mass is 386 g/mol. The van der Waals surface area contributed by atoms with E-state index in [0.717, 1.165) is 36.8 Å². The number of hydrogen-bond donors (Lipinski definition) is 2. The smallest absolute Gasteiger partial charge is 0.191 e. The second-order valence-electron chi connectivity index (χ2n) is 10.0. The molecule has 3 aliphatic carbocycles. The number of nitrogens with two attached hydrogens (primary N) is 2. The summed E-state index contributed by atoms with van der Waals surface area (Å²) in [5.74, 6) is 3.20. The molecule has 0 amide bonds. The maximum Gasteiger partial charge on any atom is 0.191 e. The molecule has 0 saturated heterocycles. The molecule has 4 unspecified atom stereocenters. The minimum Gasteiger partial charge on any atom is -0.370 e. The normalized spacial score (nSPS) is 40.7. The van der Waals surface area contributed by atoms with Crippen molar-refractivity contribution in [1.82, 2.24) is 9.80 Å². The summed E-state index contributed by atoms with van der Waals surface area (Å²) in [5.41, 5.74) is 12.6. The molecule has 6 nitrogen and oxygen atoms in total. The van der Waals surface area contributed by atoms with Gasteiger partial charge in [0.2, 0.25) is 0 Å². The second kappa shape index (κ2) is 7.75. The predicted octanol–water partition coefficient (Wildman–Crippen LogP) is 2.68. The molecule has 0 radical (unpaired) electrons. The first-order valence-electron chi connectivity index (χ1n) is 11.9. The summed E-state index contributed by atoms with van der Waals surface area (Å²) in [5, 5.41) is 0. The van der Waals surface area contributed by atoms with E-state index in [2.05, 4.69) is 9.80 Å². The molecule has 0 aromatic carbocycles. The van der Waals surface area contributed by atoms with Crippen LogP contribution in [0.3, 0.4) is 0 Å². The zero-order chi connectivity index (χ0) is 19.1. The SMILES string of the molecule is NC1=NC2CCCCC2N1CC1CCC(CN2C(N)=NC3CCCCC32)CC1. The van der Waals surface area contributed by atoms with Crippen molar-refractivity contribution in [3.63, 3.8) is 0 Å². The summed E-state index contributed by atoms with van der Waals surface area (Å²) >= 11 is 0. The summed E-state index contributed by atoms with van der Waals surface area (Å²) in [6.07, 6.45) is 15.6. The number of rotatable bonds is 4. The number of nitrogens with zero attached hydrogens (tertiary/aromatic N) is 4. The summed E-state index contributed by atoms with van der Waals surface area (Å²) < 4.78 is 0. The fourth-order valence-electron chi connectivity index (χ4n) is 6.65. The van der Waals surface area contributed by atoms with Crippen molar-refractivity contribution in [3.8, 4) is 0 Å². The average molecular weight is 387 g/mol. The van der Waals surface area contributed by atoms with Gasteiger partial charge in [-0.1, -0.05) is 25.7 Å². The van der Waals surface area contributed by atoms with E-state index in [1.807, 2.05) is 0 Å². The number of hydrogen-bond acceptors (Lipinski definition) is 6. The van der Waals surface area contributed by atoms with Gasteiger partial charge in [0.05, 0.1) is 24.2 Å². The zero-order valence-corrected chi connectivity index (χ0v) is 17.3.